The second-order valence-corrected chi connectivity index (χ2v) is 11.5. The summed E-state index contributed by atoms with van der Waals surface area (Å²) in [5.74, 6) is -0.848. The number of hydrogen-bond donors (Lipinski definition) is 1. The highest BCUT2D eigenvalue weighted by Crippen LogP contribution is 2.68. The Morgan fingerprint density at radius 2 is 1.33 bits per heavy atom. The Hall–Kier alpha value is -2.13. The first kappa shape index (κ1) is 22.7. The summed E-state index contributed by atoms with van der Waals surface area (Å²) < 4.78 is 12.3. The molecule has 2 bridgehead atoms. The van der Waals surface area contributed by atoms with Gasteiger partial charge in [-0.15, -0.1) is 0 Å². The molecule has 1 saturated carbocycles. The van der Waals surface area contributed by atoms with Crippen molar-refractivity contribution >= 4 is 34.9 Å². The summed E-state index contributed by atoms with van der Waals surface area (Å²) in [4.78, 5) is 39.3. The van der Waals surface area contributed by atoms with Crippen molar-refractivity contribution in [3.05, 3.63) is 71.8 Å². The lowest BCUT2D eigenvalue weighted by molar-refractivity contribution is -0.125. The molecule has 2 aliphatic heterocycles. The molecular weight excluding hydrogens is 456 g/mol. The van der Waals surface area contributed by atoms with Crippen LogP contribution in [0.4, 0.5) is 0 Å². The Morgan fingerprint density at radius 1 is 0.848 bits per heavy atom. The Bertz CT molecular complexity index is 1080. The topological polar surface area (TPSA) is 81.7 Å². The third-order valence-corrected chi connectivity index (χ3v) is 10.6. The van der Waals surface area contributed by atoms with Crippen molar-refractivity contribution in [1.82, 2.24) is 5.32 Å². The van der Waals surface area contributed by atoms with E-state index in [1.54, 1.807) is 48.5 Å². The van der Waals surface area contributed by atoms with Crippen LogP contribution in [0.2, 0.25) is 0 Å². The second kappa shape index (κ2) is 8.58. The number of carbonyl (C=O) groups excluding carboxylic acids is 3. The molecule has 0 aromatic heterocycles. The van der Waals surface area contributed by atoms with E-state index in [1.165, 1.54) is 0 Å². The maximum Gasteiger partial charge on any atom is 0.338 e. The van der Waals surface area contributed by atoms with Gasteiger partial charge >= 0.3 is 11.9 Å². The van der Waals surface area contributed by atoms with Crippen molar-refractivity contribution in [2.24, 2.45) is 11.8 Å². The lowest BCUT2D eigenvalue weighted by Gasteiger charge is -2.45. The molecule has 0 radical (unpaired) electrons. The number of Topliss-reactive ketones (excluding diaryl/α,β-unsaturated/α-hetero) is 1. The third-order valence-electron chi connectivity index (χ3n) is 7.43. The van der Waals surface area contributed by atoms with Gasteiger partial charge in [0.15, 0.2) is 12.2 Å². The molecule has 8 unspecified atom stereocenters. The predicted octanol–water partition coefficient (Wildman–Crippen LogP) is 3.66. The smallest absolute Gasteiger partial charge is 0.338 e. The zero-order valence-corrected chi connectivity index (χ0v) is 20.5. The molecule has 0 spiro atoms. The summed E-state index contributed by atoms with van der Waals surface area (Å²) in [7, 11) is 0.666. The summed E-state index contributed by atoms with van der Waals surface area (Å²) in [5.41, 5.74) is 0.889. The summed E-state index contributed by atoms with van der Waals surface area (Å²) in [6, 6.07) is 17.7. The van der Waals surface area contributed by atoms with Crippen molar-refractivity contribution in [3.63, 3.8) is 0 Å². The molecule has 1 N–H and O–H groups in total. The normalized spacial score (nSPS) is 34.9. The fourth-order valence-corrected chi connectivity index (χ4v) is 9.14. The van der Waals surface area contributed by atoms with Crippen molar-refractivity contribution in [2.75, 3.05) is 13.3 Å². The zero-order valence-electron chi connectivity index (χ0n) is 18.5. The number of rotatable bonds is 6. The molecule has 8 heteroatoms. The van der Waals surface area contributed by atoms with Gasteiger partial charge in [0.1, 0.15) is 5.78 Å². The average Bonchev–Trinajstić information content (AvgIpc) is 3.48. The van der Waals surface area contributed by atoms with Crippen LogP contribution in [0.25, 0.3) is 0 Å². The van der Waals surface area contributed by atoms with E-state index in [-0.39, 0.29) is 17.6 Å². The van der Waals surface area contributed by atoms with Gasteiger partial charge in [-0.3, -0.25) is 10.1 Å². The molecule has 8 atom stereocenters. The highest BCUT2D eigenvalue weighted by atomic mass is 31.1. The minimum atomic E-state index is -0.739. The van der Waals surface area contributed by atoms with Crippen LogP contribution in [-0.4, -0.2) is 53.8 Å². The van der Waals surface area contributed by atoms with E-state index < -0.39 is 34.7 Å². The number of fused-ring (bicyclic) bond motifs is 5. The van der Waals surface area contributed by atoms with E-state index in [4.69, 9.17) is 9.47 Å². The SMILES string of the molecule is CPC12NC(PC)(C(OC(=O)c3ccccc3)C1OC(=O)c1ccccc1)C1C(=O)CCC12. The summed E-state index contributed by atoms with van der Waals surface area (Å²) in [6.07, 6.45) is -0.117. The van der Waals surface area contributed by atoms with Crippen LogP contribution in [0.3, 0.4) is 0 Å². The second-order valence-electron chi connectivity index (χ2n) is 8.84. The molecule has 3 aliphatic rings. The quantitative estimate of drug-likeness (QED) is 0.499. The number of ether oxygens (including phenoxy) is 2. The van der Waals surface area contributed by atoms with Crippen molar-refractivity contribution in [3.8, 4) is 0 Å². The van der Waals surface area contributed by atoms with Gasteiger partial charge in [-0.1, -0.05) is 53.6 Å². The van der Waals surface area contributed by atoms with Gasteiger partial charge in [0.2, 0.25) is 0 Å². The Morgan fingerprint density at radius 3 is 1.82 bits per heavy atom. The van der Waals surface area contributed by atoms with Gasteiger partial charge in [0.05, 0.1) is 21.7 Å². The maximum absolute atomic E-state index is 13.1. The number of esters is 2. The molecule has 2 aromatic carbocycles. The standard InChI is InChI=1S/C25H27NO5P2/c1-32-24-17-13-14-18(27)19(17)25(26-24,33-2)21(31-23(29)16-11-7-4-8-12-16)20(24)30-22(28)15-9-5-3-6-10-15/h3-12,17,19-21,26,32-33H,13-14H2,1-2H3. The lowest BCUT2D eigenvalue weighted by atomic mass is 9.77. The predicted molar refractivity (Wildman–Crippen MR) is 130 cm³/mol. The highest BCUT2D eigenvalue weighted by molar-refractivity contribution is 7.41. The number of ketones is 1. The third kappa shape index (κ3) is 3.38. The van der Waals surface area contributed by atoms with Crippen LogP contribution in [0, 0.1) is 11.8 Å². The largest absolute Gasteiger partial charge is 0.452 e. The molecule has 2 aromatic rings. The van der Waals surface area contributed by atoms with Crippen LogP contribution >= 0.6 is 17.2 Å². The number of carbonyl (C=O) groups is 3. The first-order valence-corrected chi connectivity index (χ1v) is 14.2. The molecule has 33 heavy (non-hydrogen) atoms. The van der Waals surface area contributed by atoms with Gasteiger partial charge in [-0.25, -0.2) is 9.59 Å². The van der Waals surface area contributed by atoms with E-state index in [0.717, 1.165) is 6.42 Å². The first-order chi connectivity index (χ1) is 16.0. The fraction of sp³-hybridized carbons (Fsp3) is 0.400. The fourth-order valence-electron chi connectivity index (χ4n) is 6.00. The van der Waals surface area contributed by atoms with Gasteiger partial charge in [0.25, 0.3) is 0 Å². The van der Waals surface area contributed by atoms with E-state index in [1.807, 2.05) is 18.8 Å². The van der Waals surface area contributed by atoms with Gasteiger partial charge in [0, 0.05) is 12.3 Å². The zero-order chi connectivity index (χ0) is 23.2. The first-order valence-electron chi connectivity index (χ1n) is 11.2. The minimum absolute atomic E-state index is 0.0704. The van der Waals surface area contributed by atoms with E-state index in [2.05, 4.69) is 12.0 Å². The molecule has 2 saturated heterocycles. The van der Waals surface area contributed by atoms with E-state index >= 15 is 0 Å². The van der Waals surface area contributed by atoms with Crippen LogP contribution in [0.15, 0.2) is 60.7 Å². The molecule has 172 valence electrons. The van der Waals surface area contributed by atoms with Gasteiger partial charge < -0.3 is 9.47 Å². The lowest BCUT2D eigenvalue weighted by Crippen LogP contribution is -2.58. The molecule has 3 fully saturated rings. The van der Waals surface area contributed by atoms with Crippen LogP contribution in [0.1, 0.15) is 33.6 Å². The molecule has 6 nitrogen and oxygen atoms in total. The molecule has 2 heterocycles. The maximum atomic E-state index is 13.1. The minimum Gasteiger partial charge on any atom is -0.452 e. The Labute approximate surface area is 196 Å². The van der Waals surface area contributed by atoms with Gasteiger partial charge in [-0.05, 0) is 49.9 Å². The molecule has 1 aliphatic carbocycles. The Kier molecular flexibility index (Phi) is 5.89. The van der Waals surface area contributed by atoms with Crippen molar-refractivity contribution in [1.29, 1.82) is 0 Å². The Balaban J connectivity index is 1.56. The molecular formula is C25H27NO5P2. The number of hydrogen-bond acceptors (Lipinski definition) is 6. The summed E-state index contributed by atoms with van der Waals surface area (Å²) in [5, 5.41) is 2.46. The summed E-state index contributed by atoms with van der Waals surface area (Å²) >= 11 is 0. The molecule has 0 amide bonds. The highest BCUT2D eigenvalue weighted by Gasteiger charge is 2.78. The average molecular weight is 483 g/mol. The van der Waals surface area contributed by atoms with Crippen LogP contribution < -0.4 is 5.32 Å². The number of nitrogens with one attached hydrogen (secondary N) is 1. The number of benzene rings is 2. The van der Waals surface area contributed by atoms with Crippen molar-refractivity contribution < 1.29 is 23.9 Å². The van der Waals surface area contributed by atoms with Crippen LogP contribution in [-0.2, 0) is 14.3 Å². The van der Waals surface area contributed by atoms with Crippen LogP contribution in [0.5, 0.6) is 0 Å². The van der Waals surface area contributed by atoms with Gasteiger partial charge in [-0.2, -0.15) is 0 Å². The van der Waals surface area contributed by atoms with E-state index in [9.17, 15) is 14.4 Å². The summed E-state index contributed by atoms with van der Waals surface area (Å²) in [6.45, 7) is 4.11. The van der Waals surface area contributed by atoms with E-state index in [0.29, 0.717) is 34.7 Å². The van der Waals surface area contributed by atoms with Crippen molar-refractivity contribution in [2.45, 2.75) is 35.6 Å². The molecule has 5 rings (SSSR count). The monoisotopic (exact) mass is 483 g/mol.